The molecule has 0 aliphatic carbocycles. The maximum atomic E-state index is 8.84. The summed E-state index contributed by atoms with van der Waals surface area (Å²) in [5, 5.41) is 11.6. The van der Waals surface area contributed by atoms with Gasteiger partial charge in [0.1, 0.15) is 11.8 Å². The van der Waals surface area contributed by atoms with Crippen molar-refractivity contribution in [2.75, 3.05) is 0 Å². The molecule has 0 aliphatic heterocycles. The monoisotopic (exact) mass is 447 g/mol. The highest BCUT2D eigenvalue weighted by Crippen LogP contribution is 2.36. The van der Waals surface area contributed by atoms with E-state index in [-0.39, 0.29) is 0 Å². The molecule has 0 radical (unpaired) electrons. The molecule has 6 rings (SSSR count). The number of aryl methyl sites for hydroxylation is 1. The number of nitrogens with zero attached hydrogens (tertiary/aromatic N) is 4. The fourth-order valence-electron chi connectivity index (χ4n) is 4.38. The first-order chi connectivity index (χ1) is 16.2. The number of halogens is 1. The number of fused-ring (bicyclic) bond motifs is 4. The third-order valence-electron chi connectivity index (χ3n) is 6.07. The number of aromatic amines is 1. The van der Waals surface area contributed by atoms with Crippen molar-refractivity contribution in [1.82, 2.24) is 19.5 Å². The predicted octanol–water partition coefficient (Wildman–Crippen LogP) is 6.83. The van der Waals surface area contributed by atoms with Crippen LogP contribution in [-0.2, 0) is 6.42 Å². The third-order valence-corrected chi connectivity index (χ3v) is 6.38. The van der Waals surface area contributed by atoms with Gasteiger partial charge in [-0.2, -0.15) is 5.26 Å². The second-order valence-electron chi connectivity index (χ2n) is 8.06. The largest absolute Gasteiger partial charge is 0.361 e. The smallest absolute Gasteiger partial charge is 0.108 e. The molecule has 0 fully saturated rings. The molecule has 33 heavy (non-hydrogen) atoms. The predicted molar refractivity (Wildman–Crippen MR) is 133 cm³/mol. The van der Waals surface area contributed by atoms with E-state index in [1.54, 1.807) is 6.20 Å². The highest BCUT2D eigenvalue weighted by molar-refractivity contribution is 6.34. The van der Waals surface area contributed by atoms with Gasteiger partial charge in [0, 0.05) is 34.8 Å². The van der Waals surface area contributed by atoms with Crippen LogP contribution in [0.2, 0.25) is 5.02 Å². The number of rotatable bonds is 4. The van der Waals surface area contributed by atoms with Crippen molar-refractivity contribution in [2.45, 2.75) is 12.8 Å². The minimum Gasteiger partial charge on any atom is -0.361 e. The Labute approximate surface area is 194 Å². The number of aromatic nitrogens is 4. The van der Waals surface area contributed by atoms with Crippen LogP contribution < -0.4 is 0 Å². The van der Waals surface area contributed by atoms with Gasteiger partial charge in [-0.05, 0) is 65.4 Å². The summed E-state index contributed by atoms with van der Waals surface area (Å²) in [6.07, 6.45) is 6.82. The Balaban J connectivity index is 1.53. The molecular formula is C27H18ClN5. The standard InChI is InChI=1S/C27H18ClN5/c28-23-14-25-22(13-21(23)18-5-8-24-19(12-18)9-11-30-24)27-26(15-31-25)32-16-33(27)20-6-3-17(4-7-20)2-1-10-29/h3-9,11-16,30H,1-2H2. The fourth-order valence-corrected chi connectivity index (χ4v) is 4.64. The zero-order valence-corrected chi connectivity index (χ0v) is 18.3. The van der Waals surface area contributed by atoms with Crippen LogP contribution in [-0.4, -0.2) is 19.5 Å². The van der Waals surface area contributed by atoms with E-state index in [2.05, 4.69) is 80.2 Å². The van der Waals surface area contributed by atoms with Crippen molar-refractivity contribution in [3.63, 3.8) is 0 Å². The van der Waals surface area contributed by atoms with Gasteiger partial charge in [0.05, 0.1) is 28.3 Å². The van der Waals surface area contributed by atoms with Crippen molar-refractivity contribution in [3.05, 3.63) is 90.0 Å². The van der Waals surface area contributed by atoms with Gasteiger partial charge in [-0.15, -0.1) is 0 Å². The molecule has 0 amide bonds. The molecule has 1 N–H and O–H groups in total. The highest BCUT2D eigenvalue weighted by atomic mass is 35.5. The Hall–Kier alpha value is -4.14. The number of nitriles is 1. The van der Waals surface area contributed by atoms with E-state index in [4.69, 9.17) is 16.9 Å². The molecule has 0 saturated heterocycles. The van der Waals surface area contributed by atoms with E-state index < -0.39 is 0 Å². The Morgan fingerprint density at radius 3 is 2.70 bits per heavy atom. The van der Waals surface area contributed by atoms with E-state index in [1.807, 2.05) is 18.6 Å². The molecule has 0 bridgehead atoms. The van der Waals surface area contributed by atoms with E-state index >= 15 is 0 Å². The Morgan fingerprint density at radius 1 is 0.970 bits per heavy atom. The Morgan fingerprint density at radius 2 is 1.85 bits per heavy atom. The maximum Gasteiger partial charge on any atom is 0.108 e. The van der Waals surface area contributed by atoms with Crippen LogP contribution in [0.1, 0.15) is 12.0 Å². The summed E-state index contributed by atoms with van der Waals surface area (Å²) in [6.45, 7) is 0. The van der Waals surface area contributed by atoms with Gasteiger partial charge in [-0.25, -0.2) is 4.98 Å². The van der Waals surface area contributed by atoms with Gasteiger partial charge >= 0.3 is 0 Å². The average molecular weight is 448 g/mol. The van der Waals surface area contributed by atoms with Crippen molar-refractivity contribution < 1.29 is 0 Å². The summed E-state index contributed by atoms with van der Waals surface area (Å²) in [5.74, 6) is 0. The van der Waals surface area contributed by atoms with E-state index in [9.17, 15) is 0 Å². The second-order valence-corrected chi connectivity index (χ2v) is 8.47. The minimum atomic E-state index is 0.516. The van der Waals surface area contributed by atoms with Gasteiger partial charge < -0.3 is 4.98 Å². The molecule has 5 nitrogen and oxygen atoms in total. The van der Waals surface area contributed by atoms with Crippen LogP contribution in [0.15, 0.2) is 79.4 Å². The zero-order valence-electron chi connectivity index (χ0n) is 17.6. The van der Waals surface area contributed by atoms with Crippen molar-refractivity contribution >= 4 is 44.4 Å². The van der Waals surface area contributed by atoms with E-state index in [1.165, 1.54) is 0 Å². The first-order valence-corrected chi connectivity index (χ1v) is 11.1. The quantitative estimate of drug-likeness (QED) is 0.322. The molecule has 6 heteroatoms. The first-order valence-electron chi connectivity index (χ1n) is 10.7. The van der Waals surface area contributed by atoms with Crippen molar-refractivity contribution in [3.8, 4) is 22.9 Å². The van der Waals surface area contributed by atoms with Gasteiger partial charge in [0.25, 0.3) is 0 Å². The number of benzene rings is 3. The van der Waals surface area contributed by atoms with Crippen LogP contribution in [0.25, 0.3) is 49.7 Å². The lowest BCUT2D eigenvalue weighted by atomic mass is 10.0. The summed E-state index contributed by atoms with van der Waals surface area (Å²) >= 11 is 6.71. The highest BCUT2D eigenvalue weighted by Gasteiger charge is 2.14. The lowest BCUT2D eigenvalue weighted by molar-refractivity contribution is 1.00. The zero-order chi connectivity index (χ0) is 22.4. The molecule has 0 aliphatic rings. The fraction of sp³-hybridized carbons (Fsp3) is 0.0741. The average Bonchev–Trinajstić information content (AvgIpc) is 3.49. The number of nitrogens with one attached hydrogen (secondary N) is 1. The number of pyridine rings is 1. The van der Waals surface area contributed by atoms with Gasteiger partial charge in [0.15, 0.2) is 0 Å². The number of hydrogen-bond acceptors (Lipinski definition) is 3. The van der Waals surface area contributed by atoms with E-state index in [0.717, 1.165) is 61.6 Å². The third kappa shape index (κ3) is 3.32. The molecule has 3 heterocycles. The molecule has 0 spiro atoms. The summed E-state index contributed by atoms with van der Waals surface area (Å²) in [4.78, 5) is 12.4. The topological polar surface area (TPSA) is 70.3 Å². The summed E-state index contributed by atoms with van der Waals surface area (Å²) in [6, 6.07) is 22.9. The van der Waals surface area contributed by atoms with Crippen LogP contribution >= 0.6 is 11.6 Å². The van der Waals surface area contributed by atoms with Crippen molar-refractivity contribution in [1.29, 1.82) is 5.26 Å². The summed E-state index contributed by atoms with van der Waals surface area (Å²) < 4.78 is 2.08. The lowest BCUT2D eigenvalue weighted by Gasteiger charge is -2.11. The molecular weight excluding hydrogens is 430 g/mol. The van der Waals surface area contributed by atoms with E-state index in [0.29, 0.717) is 11.4 Å². The number of imidazole rings is 1. The SMILES string of the molecule is N#CCCc1ccc(-n2cnc3cnc4cc(Cl)c(-c5ccc6[nH]ccc6c5)cc4c32)cc1. The maximum absolute atomic E-state index is 8.84. The van der Waals surface area contributed by atoms with Gasteiger partial charge in [0.2, 0.25) is 0 Å². The van der Waals surface area contributed by atoms with Gasteiger partial charge in [-0.3, -0.25) is 9.55 Å². The second kappa shape index (κ2) is 7.77. The molecule has 0 unspecified atom stereocenters. The summed E-state index contributed by atoms with van der Waals surface area (Å²) in [7, 11) is 0. The first kappa shape index (κ1) is 19.5. The molecule has 0 atom stereocenters. The molecule has 158 valence electrons. The van der Waals surface area contributed by atoms with Crippen LogP contribution in [0.4, 0.5) is 0 Å². The van der Waals surface area contributed by atoms with Crippen LogP contribution in [0, 0.1) is 11.3 Å². The lowest BCUT2D eigenvalue weighted by Crippen LogP contribution is -1.95. The molecule has 6 aromatic rings. The molecule has 3 aromatic carbocycles. The van der Waals surface area contributed by atoms with Gasteiger partial charge in [-0.1, -0.05) is 29.8 Å². The normalized spacial score (nSPS) is 11.4. The Kier molecular flexibility index (Phi) is 4.60. The molecule has 0 saturated carbocycles. The Bertz CT molecular complexity index is 1690. The van der Waals surface area contributed by atoms with Crippen molar-refractivity contribution in [2.24, 2.45) is 0 Å². The molecule has 3 aromatic heterocycles. The minimum absolute atomic E-state index is 0.516. The van der Waals surface area contributed by atoms with Crippen LogP contribution in [0.5, 0.6) is 0 Å². The number of H-pyrrole nitrogens is 1. The van der Waals surface area contributed by atoms with Crippen LogP contribution in [0.3, 0.4) is 0 Å². The number of hydrogen-bond donors (Lipinski definition) is 1. The summed E-state index contributed by atoms with van der Waals surface area (Å²) in [5.41, 5.74) is 7.90.